The van der Waals surface area contributed by atoms with Gasteiger partial charge in [0.05, 0.1) is 12.3 Å². The Morgan fingerprint density at radius 3 is 2.17 bits per heavy atom. The van der Waals surface area contributed by atoms with Crippen molar-refractivity contribution in [1.82, 2.24) is 0 Å². The highest BCUT2D eigenvalue weighted by molar-refractivity contribution is 7.98. The van der Waals surface area contributed by atoms with Gasteiger partial charge in [0.1, 0.15) is 0 Å². The van der Waals surface area contributed by atoms with Gasteiger partial charge in [-0.3, -0.25) is 4.99 Å². The Bertz CT molecular complexity index is 1350. The third-order valence-corrected chi connectivity index (χ3v) is 7.79. The molecule has 0 amide bonds. The molecule has 0 bridgehead atoms. The molecule has 180 valence electrons. The third-order valence-electron chi connectivity index (χ3n) is 6.32. The van der Waals surface area contributed by atoms with Crippen LogP contribution >= 0.6 is 23.4 Å². The van der Waals surface area contributed by atoms with E-state index in [0.717, 1.165) is 44.2 Å². The van der Waals surface area contributed by atoms with Crippen LogP contribution < -0.4 is 0 Å². The molecule has 2 unspecified atom stereocenters. The Balaban J connectivity index is 1.77. The maximum Gasteiger partial charge on any atom is 0.331 e. The van der Waals surface area contributed by atoms with Gasteiger partial charge in [-0.2, -0.15) is 0 Å². The van der Waals surface area contributed by atoms with E-state index in [1.807, 2.05) is 91.9 Å². The first-order valence-corrected chi connectivity index (χ1v) is 13.4. The number of carbonyl (C=O) groups is 1. The van der Waals surface area contributed by atoms with Crippen LogP contribution in [0.15, 0.2) is 113 Å². The minimum atomic E-state index is -0.794. The molecule has 36 heavy (non-hydrogen) atoms. The molecule has 1 aliphatic rings. The fourth-order valence-electron chi connectivity index (χ4n) is 4.68. The smallest absolute Gasteiger partial charge is 0.331 e. The highest BCUT2D eigenvalue weighted by atomic mass is 35.5. The van der Waals surface area contributed by atoms with E-state index in [2.05, 4.69) is 18.2 Å². The molecule has 2 atom stereocenters. The van der Waals surface area contributed by atoms with Crippen molar-refractivity contribution in [2.45, 2.75) is 29.5 Å². The highest BCUT2D eigenvalue weighted by Gasteiger charge is 2.37. The third kappa shape index (κ3) is 4.97. The molecule has 0 saturated heterocycles. The quantitative estimate of drug-likeness (QED) is 0.198. The first-order valence-electron chi connectivity index (χ1n) is 12.0. The van der Waals surface area contributed by atoms with Crippen LogP contribution in [-0.4, -0.2) is 24.3 Å². The zero-order valence-corrected chi connectivity index (χ0v) is 21.5. The van der Waals surface area contributed by atoms with Crippen molar-refractivity contribution in [2.24, 2.45) is 4.99 Å². The summed E-state index contributed by atoms with van der Waals surface area (Å²) in [5.41, 5.74) is 5.76. The molecule has 4 aromatic carbocycles. The first kappa shape index (κ1) is 24.4. The Morgan fingerprint density at radius 2 is 1.50 bits per heavy atom. The van der Waals surface area contributed by atoms with E-state index in [4.69, 9.17) is 21.3 Å². The topological polar surface area (TPSA) is 38.7 Å². The fraction of sp³-hybridized carbons (Fsp3) is 0.161. The number of thioether (sulfide) groups is 1. The first-order chi connectivity index (χ1) is 17.7. The van der Waals surface area contributed by atoms with Crippen molar-refractivity contribution in [3.8, 4) is 0 Å². The monoisotopic (exact) mass is 511 g/mol. The summed E-state index contributed by atoms with van der Waals surface area (Å²) in [6, 6.07) is 33.4. The highest BCUT2D eigenvalue weighted by Crippen LogP contribution is 2.45. The van der Waals surface area contributed by atoms with Crippen LogP contribution in [0, 0.1) is 0 Å². The molecule has 1 aliphatic heterocycles. The second-order valence-electron chi connectivity index (χ2n) is 8.52. The van der Waals surface area contributed by atoms with Gasteiger partial charge in [0.2, 0.25) is 0 Å². The average molecular weight is 512 g/mol. The van der Waals surface area contributed by atoms with Crippen molar-refractivity contribution >= 4 is 35.0 Å². The van der Waals surface area contributed by atoms with E-state index >= 15 is 0 Å². The van der Waals surface area contributed by atoms with Crippen LogP contribution in [0.2, 0.25) is 5.02 Å². The molecule has 0 aromatic heterocycles. The summed E-state index contributed by atoms with van der Waals surface area (Å²) >= 11 is 8.44. The summed E-state index contributed by atoms with van der Waals surface area (Å²) in [4.78, 5) is 20.0. The van der Waals surface area contributed by atoms with Crippen LogP contribution in [0.4, 0.5) is 0 Å². The van der Waals surface area contributed by atoms with E-state index in [1.54, 1.807) is 11.8 Å². The number of hydrogen-bond acceptors (Lipinski definition) is 4. The molecule has 5 heteroatoms. The van der Waals surface area contributed by atoms with E-state index < -0.39 is 6.04 Å². The van der Waals surface area contributed by atoms with Gasteiger partial charge in [0, 0.05) is 32.7 Å². The standard InChI is InChI=1S/C31H26ClNO2S/c1-2-35-31(34)30(33-29(21-12-5-3-6-13-21)22-14-7-4-8-15-22)28-23-17-11-18-26(32)25(23)20-36-27-19-10-9-16-24(27)28/h3-19,28,30H,2,20H2,1H3. The predicted molar refractivity (Wildman–Crippen MR) is 148 cm³/mol. The molecular formula is C31H26ClNO2S. The summed E-state index contributed by atoms with van der Waals surface area (Å²) in [6.45, 7) is 2.11. The van der Waals surface area contributed by atoms with Crippen molar-refractivity contribution in [3.05, 3.63) is 136 Å². The SMILES string of the molecule is CCOC(=O)C(N=C(c1ccccc1)c1ccccc1)C1c2ccccc2SCc2c(Cl)cccc21. The van der Waals surface area contributed by atoms with Crippen molar-refractivity contribution < 1.29 is 9.53 Å². The molecule has 0 saturated carbocycles. The van der Waals surface area contributed by atoms with E-state index in [0.29, 0.717) is 5.02 Å². The maximum absolute atomic E-state index is 13.7. The Kier molecular flexibility index (Phi) is 7.55. The van der Waals surface area contributed by atoms with Crippen LogP contribution in [0.1, 0.15) is 40.7 Å². The number of halogens is 1. The lowest BCUT2D eigenvalue weighted by Crippen LogP contribution is -2.31. The van der Waals surface area contributed by atoms with E-state index in [1.165, 1.54) is 0 Å². The largest absolute Gasteiger partial charge is 0.464 e. The number of benzene rings is 4. The van der Waals surface area contributed by atoms with Gasteiger partial charge in [0.25, 0.3) is 0 Å². The van der Waals surface area contributed by atoms with E-state index in [9.17, 15) is 4.79 Å². The molecule has 0 aliphatic carbocycles. The number of nitrogens with zero attached hydrogens (tertiary/aromatic N) is 1. The minimum absolute atomic E-state index is 0.280. The van der Waals surface area contributed by atoms with Crippen molar-refractivity contribution in [2.75, 3.05) is 6.61 Å². The van der Waals surface area contributed by atoms with Crippen LogP contribution in [0.5, 0.6) is 0 Å². The van der Waals surface area contributed by atoms with Gasteiger partial charge in [-0.25, -0.2) is 4.79 Å². The van der Waals surface area contributed by atoms with Crippen LogP contribution in [-0.2, 0) is 15.3 Å². The number of carbonyl (C=O) groups excluding carboxylic acids is 1. The molecule has 1 heterocycles. The van der Waals surface area contributed by atoms with Crippen molar-refractivity contribution in [1.29, 1.82) is 0 Å². The summed E-state index contributed by atoms with van der Waals surface area (Å²) in [6.07, 6.45) is 0. The number of rotatable bonds is 6. The number of fused-ring (bicyclic) bond motifs is 2. The summed E-state index contributed by atoms with van der Waals surface area (Å²) < 4.78 is 5.65. The molecule has 5 rings (SSSR count). The molecule has 0 radical (unpaired) electrons. The fourth-order valence-corrected chi connectivity index (χ4v) is 6.17. The number of ether oxygens (including phenoxy) is 1. The van der Waals surface area contributed by atoms with Gasteiger partial charge in [-0.1, -0.05) is 103 Å². The zero-order chi connectivity index (χ0) is 24.9. The predicted octanol–water partition coefficient (Wildman–Crippen LogP) is 7.55. The molecule has 0 fully saturated rings. The molecule has 0 spiro atoms. The Labute approximate surface area is 221 Å². The van der Waals surface area contributed by atoms with Crippen LogP contribution in [0.3, 0.4) is 0 Å². The number of aliphatic imine (C=N–C) groups is 1. The molecule has 3 nitrogen and oxygen atoms in total. The maximum atomic E-state index is 13.7. The van der Waals surface area contributed by atoms with Gasteiger partial charge < -0.3 is 4.74 Å². The number of esters is 1. The lowest BCUT2D eigenvalue weighted by molar-refractivity contribution is -0.144. The average Bonchev–Trinajstić information content (AvgIpc) is 3.08. The van der Waals surface area contributed by atoms with Crippen molar-refractivity contribution in [3.63, 3.8) is 0 Å². The minimum Gasteiger partial charge on any atom is -0.464 e. The Hall–Kier alpha value is -3.34. The van der Waals surface area contributed by atoms with Crippen LogP contribution in [0.25, 0.3) is 0 Å². The molecule has 4 aromatic rings. The lowest BCUT2D eigenvalue weighted by Gasteiger charge is -2.26. The summed E-state index contributed by atoms with van der Waals surface area (Å²) in [7, 11) is 0. The second-order valence-corrected chi connectivity index (χ2v) is 9.94. The molecule has 0 N–H and O–H groups in total. The zero-order valence-electron chi connectivity index (χ0n) is 19.9. The van der Waals surface area contributed by atoms with E-state index in [-0.39, 0.29) is 18.5 Å². The van der Waals surface area contributed by atoms with Gasteiger partial charge in [-0.15, -0.1) is 11.8 Å². The summed E-state index contributed by atoms with van der Waals surface area (Å²) in [5, 5.41) is 0.704. The normalized spacial score (nSPS) is 15.1. The van der Waals surface area contributed by atoms with Gasteiger partial charge >= 0.3 is 5.97 Å². The molecular weight excluding hydrogens is 486 g/mol. The second kappa shape index (κ2) is 11.2. The number of hydrogen-bond donors (Lipinski definition) is 0. The lowest BCUT2D eigenvalue weighted by atomic mass is 9.82. The van der Waals surface area contributed by atoms with Gasteiger partial charge in [-0.05, 0) is 35.7 Å². The Morgan fingerprint density at radius 1 is 0.889 bits per heavy atom. The summed E-state index contributed by atoms with van der Waals surface area (Å²) in [5.74, 6) is 0.0392. The van der Waals surface area contributed by atoms with Gasteiger partial charge in [0.15, 0.2) is 6.04 Å².